The Labute approximate surface area is 136 Å². The van der Waals surface area contributed by atoms with Gasteiger partial charge in [0.2, 0.25) is 5.91 Å². The van der Waals surface area contributed by atoms with Gasteiger partial charge in [0, 0.05) is 19.7 Å². The Hall–Kier alpha value is -2.06. The zero-order valence-electron chi connectivity index (χ0n) is 12.0. The molecule has 9 heteroatoms. The van der Waals surface area contributed by atoms with Crippen LogP contribution in [0.25, 0.3) is 11.4 Å². The van der Waals surface area contributed by atoms with Crippen LogP contribution in [0.1, 0.15) is 0 Å². The minimum atomic E-state index is -0.541. The van der Waals surface area contributed by atoms with Gasteiger partial charge in [-0.15, -0.1) is 10.2 Å². The number of urea groups is 1. The van der Waals surface area contributed by atoms with Crippen molar-refractivity contribution in [3.63, 3.8) is 0 Å². The summed E-state index contributed by atoms with van der Waals surface area (Å²) in [5.41, 5.74) is 0.765. The van der Waals surface area contributed by atoms with Crippen LogP contribution in [0.2, 0.25) is 5.02 Å². The molecule has 7 nitrogen and oxygen atoms in total. The molecule has 0 atom stereocenters. The van der Waals surface area contributed by atoms with Gasteiger partial charge < -0.3 is 9.88 Å². The molecular formula is C13H14ClN5O2S. The molecule has 0 saturated heterocycles. The van der Waals surface area contributed by atoms with E-state index in [1.807, 2.05) is 18.2 Å². The van der Waals surface area contributed by atoms with Crippen LogP contribution in [0, 0.1) is 0 Å². The number of carbonyl (C=O) groups is 2. The molecule has 0 radical (unpaired) electrons. The van der Waals surface area contributed by atoms with Crippen molar-refractivity contribution in [2.24, 2.45) is 7.05 Å². The van der Waals surface area contributed by atoms with Crippen molar-refractivity contribution in [3.8, 4) is 11.4 Å². The molecule has 0 aliphatic heterocycles. The van der Waals surface area contributed by atoms with Gasteiger partial charge in [0.05, 0.1) is 10.8 Å². The molecule has 3 amide bonds. The van der Waals surface area contributed by atoms with Gasteiger partial charge in [-0.25, -0.2) is 4.79 Å². The van der Waals surface area contributed by atoms with Gasteiger partial charge in [0.15, 0.2) is 11.0 Å². The minimum Gasteiger partial charge on any atom is -0.341 e. The van der Waals surface area contributed by atoms with Crippen LogP contribution < -0.4 is 10.6 Å². The Kier molecular flexibility index (Phi) is 5.40. The Morgan fingerprint density at radius 2 is 2.05 bits per heavy atom. The lowest BCUT2D eigenvalue weighted by Crippen LogP contribution is -2.38. The molecule has 0 bridgehead atoms. The van der Waals surface area contributed by atoms with Crippen LogP contribution in [0.4, 0.5) is 4.79 Å². The first-order valence-electron chi connectivity index (χ1n) is 6.31. The number of benzene rings is 1. The Bertz CT molecular complexity index is 703. The van der Waals surface area contributed by atoms with Crippen molar-refractivity contribution in [2.45, 2.75) is 5.16 Å². The fourth-order valence-corrected chi connectivity index (χ4v) is 2.60. The Morgan fingerprint density at radius 1 is 1.32 bits per heavy atom. The van der Waals surface area contributed by atoms with E-state index in [0.29, 0.717) is 16.0 Å². The fourth-order valence-electron chi connectivity index (χ4n) is 1.67. The van der Waals surface area contributed by atoms with Gasteiger partial charge >= 0.3 is 6.03 Å². The van der Waals surface area contributed by atoms with Crippen molar-refractivity contribution >= 4 is 35.3 Å². The highest BCUT2D eigenvalue weighted by atomic mass is 35.5. The van der Waals surface area contributed by atoms with Crippen LogP contribution in [0.15, 0.2) is 29.4 Å². The molecule has 0 spiro atoms. The quantitative estimate of drug-likeness (QED) is 0.827. The second-order valence-electron chi connectivity index (χ2n) is 4.26. The molecule has 2 rings (SSSR count). The van der Waals surface area contributed by atoms with Crippen LogP contribution in [0.5, 0.6) is 0 Å². The Morgan fingerprint density at radius 3 is 2.73 bits per heavy atom. The van der Waals surface area contributed by atoms with Crippen LogP contribution in [-0.2, 0) is 11.8 Å². The molecule has 0 aliphatic carbocycles. The van der Waals surface area contributed by atoms with Crippen molar-refractivity contribution in [1.29, 1.82) is 0 Å². The molecule has 2 N–H and O–H groups in total. The highest BCUT2D eigenvalue weighted by Gasteiger charge is 2.15. The molecule has 1 aromatic heterocycles. The van der Waals surface area contributed by atoms with E-state index in [-0.39, 0.29) is 5.75 Å². The number of amides is 3. The summed E-state index contributed by atoms with van der Waals surface area (Å²) in [6.45, 7) is 0. The summed E-state index contributed by atoms with van der Waals surface area (Å²) < 4.78 is 1.75. The number of hydrogen-bond donors (Lipinski definition) is 2. The summed E-state index contributed by atoms with van der Waals surface area (Å²) in [5, 5.41) is 13.8. The number of nitrogens with zero attached hydrogens (tertiary/aromatic N) is 3. The average Bonchev–Trinajstić information content (AvgIpc) is 2.86. The molecule has 116 valence electrons. The topological polar surface area (TPSA) is 88.9 Å². The third-order valence-corrected chi connectivity index (χ3v) is 4.11. The first kappa shape index (κ1) is 16.3. The third-order valence-electron chi connectivity index (χ3n) is 2.76. The first-order valence-corrected chi connectivity index (χ1v) is 7.68. The maximum atomic E-state index is 11.6. The highest BCUT2D eigenvalue weighted by molar-refractivity contribution is 7.99. The molecular weight excluding hydrogens is 326 g/mol. The fraction of sp³-hybridized carbons (Fsp3) is 0.231. The van der Waals surface area contributed by atoms with E-state index in [0.717, 1.165) is 5.56 Å². The van der Waals surface area contributed by atoms with Gasteiger partial charge in [-0.2, -0.15) is 0 Å². The number of nitrogens with one attached hydrogen (secondary N) is 2. The van der Waals surface area contributed by atoms with Crippen LogP contribution >= 0.6 is 23.4 Å². The molecule has 22 heavy (non-hydrogen) atoms. The number of hydrogen-bond acceptors (Lipinski definition) is 5. The molecule has 0 fully saturated rings. The van der Waals surface area contributed by atoms with Gasteiger partial charge in [-0.3, -0.25) is 10.1 Å². The van der Waals surface area contributed by atoms with Crippen molar-refractivity contribution in [2.75, 3.05) is 12.8 Å². The second kappa shape index (κ2) is 7.28. The van der Waals surface area contributed by atoms with E-state index in [1.165, 1.54) is 18.8 Å². The van der Waals surface area contributed by atoms with Gasteiger partial charge in [-0.1, -0.05) is 35.5 Å². The summed E-state index contributed by atoms with van der Waals surface area (Å²) in [5.74, 6) is 0.258. The summed E-state index contributed by atoms with van der Waals surface area (Å²) in [7, 11) is 3.23. The Balaban J connectivity index is 2.07. The SMILES string of the molecule is CNC(=O)NC(=O)CSc1nnc(-c2ccccc2Cl)n1C. The minimum absolute atomic E-state index is 0.0575. The van der Waals surface area contributed by atoms with Gasteiger partial charge in [-0.05, 0) is 12.1 Å². The van der Waals surface area contributed by atoms with Crippen molar-refractivity contribution in [1.82, 2.24) is 25.4 Å². The molecule has 0 aliphatic rings. The van der Waals surface area contributed by atoms with E-state index < -0.39 is 11.9 Å². The number of imide groups is 1. The monoisotopic (exact) mass is 339 g/mol. The average molecular weight is 340 g/mol. The largest absolute Gasteiger partial charge is 0.341 e. The maximum Gasteiger partial charge on any atom is 0.321 e. The zero-order valence-corrected chi connectivity index (χ0v) is 13.5. The first-order chi connectivity index (χ1) is 10.5. The standard InChI is InChI=1S/C13H14ClN5O2S/c1-15-12(21)16-10(20)7-22-13-18-17-11(19(13)2)8-5-3-4-6-9(8)14/h3-6H,7H2,1-2H3,(H2,15,16,20,21). The van der Waals surface area contributed by atoms with Crippen molar-refractivity contribution < 1.29 is 9.59 Å². The lowest BCUT2D eigenvalue weighted by atomic mass is 10.2. The number of thioether (sulfide) groups is 1. The van der Waals surface area contributed by atoms with Crippen LogP contribution in [-0.4, -0.2) is 39.5 Å². The van der Waals surface area contributed by atoms with E-state index >= 15 is 0 Å². The molecule has 0 unspecified atom stereocenters. The lowest BCUT2D eigenvalue weighted by Gasteiger charge is -2.05. The van der Waals surface area contributed by atoms with Gasteiger partial charge in [0.1, 0.15) is 0 Å². The summed E-state index contributed by atoms with van der Waals surface area (Å²) in [6.07, 6.45) is 0. The number of carbonyl (C=O) groups excluding carboxylic acids is 2. The third kappa shape index (κ3) is 3.77. The number of aromatic nitrogens is 3. The summed E-state index contributed by atoms with van der Waals surface area (Å²) in [6, 6.07) is 6.77. The van der Waals surface area contributed by atoms with Gasteiger partial charge in [0.25, 0.3) is 0 Å². The maximum absolute atomic E-state index is 11.6. The van der Waals surface area contributed by atoms with E-state index in [9.17, 15) is 9.59 Å². The second-order valence-corrected chi connectivity index (χ2v) is 5.61. The molecule has 2 aromatic rings. The van der Waals surface area contributed by atoms with Crippen LogP contribution in [0.3, 0.4) is 0 Å². The summed E-state index contributed by atoms with van der Waals surface area (Å²) >= 11 is 7.33. The molecule has 1 aromatic carbocycles. The van der Waals surface area contributed by atoms with E-state index in [1.54, 1.807) is 17.7 Å². The zero-order chi connectivity index (χ0) is 16.1. The predicted octanol–water partition coefficient (Wildman–Crippen LogP) is 1.68. The van der Waals surface area contributed by atoms with Crippen molar-refractivity contribution in [3.05, 3.63) is 29.3 Å². The lowest BCUT2D eigenvalue weighted by molar-refractivity contribution is -0.117. The molecule has 0 saturated carbocycles. The summed E-state index contributed by atoms with van der Waals surface area (Å²) in [4.78, 5) is 22.6. The smallest absolute Gasteiger partial charge is 0.321 e. The number of halogens is 1. The molecule has 1 heterocycles. The predicted molar refractivity (Wildman–Crippen MR) is 84.8 cm³/mol. The van der Waals surface area contributed by atoms with E-state index in [4.69, 9.17) is 11.6 Å². The highest BCUT2D eigenvalue weighted by Crippen LogP contribution is 2.28. The normalized spacial score (nSPS) is 10.3. The number of rotatable bonds is 4. The van der Waals surface area contributed by atoms with E-state index in [2.05, 4.69) is 20.8 Å².